The van der Waals surface area contributed by atoms with Crippen LogP contribution in [0.5, 0.6) is 5.75 Å². The topological polar surface area (TPSA) is 88.7 Å². The molecule has 3 aromatic rings. The lowest BCUT2D eigenvalue weighted by molar-refractivity contribution is -0.0497. The summed E-state index contributed by atoms with van der Waals surface area (Å²) < 4.78 is 31.4. The molecule has 9 heteroatoms. The summed E-state index contributed by atoms with van der Waals surface area (Å²) >= 11 is 0. The monoisotopic (exact) mass is 356 g/mol. The summed E-state index contributed by atoms with van der Waals surface area (Å²) in [5.74, 6) is 0.949. The second-order valence-corrected chi connectivity index (χ2v) is 5.95. The predicted octanol–water partition coefficient (Wildman–Crippen LogP) is 2.73. The predicted molar refractivity (Wildman–Crippen MR) is 88.8 cm³/mol. The largest absolute Gasteiger partial charge is 0.435 e. The highest BCUT2D eigenvalue weighted by Crippen LogP contribution is 2.31. The van der Waals surface area contributed by atoms with E-state index in [9.17, 15) is 14.0 Å². The Hall–Kier alpha value is -3.28. The van der Waals surface area contributed by atoms with Crippen molar-refractivity contribution in [1.29, 1.82) is 5.26 Å². The van der Waals surface area contributed by atoms with Gasteiger partial charge in [0, 0.05) is 24.0 Å². The Morgan fingerprint density at radius 1 is 1.35 bits per heavy atom. The van der Waals surface area contributed by atoms with Gasteiger partial charge in [-0.05, 0) is 24.6 Å². The van der Waals surface area contributed by atoms with E-state index in [0.29, 0.717) is 28.7 Å². The lowest BCUT2D eigenvalue weighted by Crippen LogP contribution is -2.32. The molecule has 4 rings (SSSR count). The van der Waals surface area contributed by atoms with Crippen LogP contribution >= 0.6 is 0 Å². The van der Waals surface area contributed by atoms with Crippen LogP contribution in [0.1, 0.15) is 17.8 Å². The molecular formula is C17H14F2N6O. The number of nitriles is 1. The molecule has 0 fully saturated rings. The van der Waals surface area contributed by atoms with Gasteiger partial charge in [0.1, 0.15) is 24.0 Å². The van der Waals surface area contributed by atoms with E-state index in [4.69, 9.17) is 0 Å². The van der Waals surface area contributed by atoms with Gasteiger partial charge in [0.25, 0.3) is 0 Å². The minimum absolute atomic E-state index is 0.0228. The average molecular weight is 356 g/mol. The van der Waals surface area contributed by atoms with Gasteiger partial charge >= 0.3 is 6.61 Å². The van der Waals surface area contributed by atoms with Crippen molar-refractivity contribution in [2.24, 2.45) is 0 Å². The summed E-state index contributed by atoms with van der Waals surface area (Å²) in [5.41, 5.74) is 1.49. The molecule has 0 saturated heterocycles. The molecule has 1 aliphatic heterocycles. The number of fused-ring (bicyclic) bond motifs is 2. The van der Waals surface area contributed by atoms with Crippen molar-refractivity contribution in [1.82, 2.24) is 19.7 Å². The molecule has 7 nitrogen and oxygen atoms in total. The number of ether oxygens (including phenoxy) is 1. The summed E-state index contributed by atoms with van der Waals surface area (Å²) in [6.07, 6.45) is 4.58. The third-order valence-corrected chi connectivity index (χ3v) is 4.34. The molecule has 132 valence electrons. The Labute approximate surface area is 147 Å². The number of hydrogen-bond donors (Lipinski definition) is 1. The normalized spacial score (nSPS) is 16.3. The van der Waals surface area contributed by atoms with Crippen molar-refractivity contribution in [3.63, 3.8) is 0 Å². The Balaban J connectivity index is 1.71. The van der Waals surface area contributed by atoms with Crippen molar-refractivity contribution >= 4 is 16.6 Å². The highest BCUT2D eigenvalue weighted by molar-refractivity contribution is 5.95. The van der Waals surface area contributed by atoms with Crippen LogP contribution in [-0.4, -0.2) is 32.4 Å². The second kappa shape index (κ2) is 6.55. The van der Waals surface area contributed by atoms with E-state index in [1.165, 1.54) is 24.7 Å². The van der Waals surface area contributed by atoms with Crippen LogP contribution < -0.4 is 10.1 Å². The maximum atomic E-state index is 12.5. The summed E-state index contributed by atoms with van der Waals surface area (Å²) in [5, 5.41) is 17.5. The van der Waals surface area contributed by atoms with Crippen molar-refractivity contribution < 1.29 is 13.5 Å². The molecule has 1 atom stereocenters. The van der Waals surface area contributed by atoms with Crippen LogP contribution in [0, 0.1) is 11.3 Å². The lowest BCUT2D eigenvalue weighted by Gasteiger charge is -2.25. The van der Waals surface area contributed by atoms with Gasteiger partial charge in [-0.1, -0.05) is 0 Å². The highest BCUT2D eigenvalue weighted by Gasteiger charge is 2.22. The van der Waals surface area contributed by atoms with E-state index < -0.39 is 6.61 Å². The number of hydrogen-bond acceptors (Lipinski definition) is 6. The average Bonchev–Trinajstić information content (AvgIpc) is 3.09. The second-order valence-electron chi connectivity index (χ2n) is 5.95. The molecule has 1 aromatic carbocycles. The fourth-order valence-corrected chi connectivity index (χ4v) is 3.15. The first-order chi connectivity index (χ1) is 12.6. The van der Waals surface area contributed by atoms with Crippen molar-refractivity contribution in [3.8, 4) is 11.8 Å². The van der Waals surface area contributed by atoms with E-state index in [1.807, 2.05) is 4.68 Å². The van der Waals surface area contributed by atoms with Crippen LogP contribution in [-0.2, 0) is 13.0 Å². The van der Waals surface area contributed by atoms with E-state index in [1.54, 1.807) is 6.07 Å². The molecule has 2 aromatic heterocycles. The zero-order valence-electron chi connectivity index (χ0n) is 13.6. The molecule has 0 radical (unpaired) electrons. The van der Waals surface area contributed by atoms with Crippen molar-refractivity contribution in [2.75, 3.05) is 5.32 Å². The third kappa shape index (κ3) is 3.01. The van der Waals surface area contributed by atoms with E-state index in [2.05, 4.69) is 31.2 Å². The van der Waals surface area contributed by atoms with Crippen molar-refractivity contribution in [2.45, 2.75) is 32.0 Å². The highest BCUT2D eigenvalue weighted by atomic mass is 19.3. The summed E-state index contributed by atoms with van der Waals surface area (Å²) in [6.45, 7) is -2.31. The first-order valence-corrected chi connectivity index (χ1v) is 8.05. The van der Waals surface area contributed by atoms with Gasteiger partial charge in [-0.2, -0.15) is 19.1 Å². The minimum Gasteiger partial charge on any atom is -0.435 e. The summed E-state index contributed by atoms with van der Waals surface area (Å²) in [4.78, 5) is 8.42. The Morgan fingerprint density at radius 2 is 2.23 bits per heavy atom. The molecule has 26 heavy (non-hydrogen) atoms. The fraction of sp³-hybridized carbons (Fsp3) is 0.294. The fourth-order valence-electron chi connectivity index (χ4n) is 3.15. The molecule has 0 bridgehead atoms. The number of rotatable bonds is 4. The quantitative estimate of drug-likeness (QED) is 0.773. The number of nitrogens with zero attached hydrogens (tertiary/aromatic N) is 5. The number of pyridine rings is 1. The summed E-state index contributed by atoms with van der Waals surface area (Å²) in [7, 11) is 0. The van der Waals surface area contributed by atoms with E-state index >= 15 is 0 Å². The number of aryl methyl sites for hydroxylation is 1. The van der Waals surface area contributed by atoms with Crippen LogP contribution in [0.25, 0.3) is 10.9 Å². The van der Waals surface area contributed by atoms with Crippen LogP contribution in [0.2, 0.25) is 0 Å². The number of nitrogens with one attached hydrogen (secondary N) is 1. The smallest absolute Gasteiger partial charge is 0.387 e. The van der Waals surface area contributed by atoms with E-state index in [0.717, 1.165) is 18.7 Å². The van der Waals surface area contributed by atoms with Gasteiger partial charge in [0.2, 0.25) is 0 Å². The van der Waals surface area contributed by atoms with Gasteiger partial charge in [-0.25, -0.2) is 9.67 Å². The molecule has 0 aliphatic carbocycles. The van der Waals surface area contributed by atoms with Gasteiger partial charge in [0.15, 0.2) is 0 Å². The van der Waals surface area contributed by atoms with Gasteiger partial charge in [0.05, 0.1) is 23.3 Å². The molecular weight excluding hydrogens is 342 g/mol. The molecule has 3 heterocycles. The van der Waals surface area contributed by atoms with Gasteiger partial charge in [-0.15, -0.1) is 0 Å². The Morgan fingerprint density at radius 3 is 3.04 bits per heavy atom. The molecule has 1 N–H and O–H groups in total. The third-order valence-electron chi connectivity index (χ3n) is 4.34. The number of benzene rings is 1. The number of alkyl halides is 2. The molecule has 0 saturated carbocycles. The molecule has 0 spiro atoms. The van der Waals surface area contributed by atoms with Crippen LogP contribution in [0.15, 0.2) is 30.7 Å². The van der Waals surface area contributed by atoms with Gasteiger partial charge < -0.3 is 10.1 Å². The van der Waals surface area contributed by atoms with Crippen molar-refractivity contribution in [3.05, 3.63) is 42.1 Å². The van der Waals surface area contributed by atoms with Crippen LogP contribution in [0.3, 0.4) is 0 Å². The number of aromatic nitrogens is 4. The standard InChI is InChI=1S/C17H14F2N6O/c18-17(19)26-12-2-3-14-13(5-12)16(10(6-20)7-21-14)24-11-1-4-15-22-9-23-25(15)8-11/h2-3,5,7,9,11,17H,1,4,8H2,(H,21,24). The molecule has 1 unspecified atom stereocenters. The lowest BCUT2D eigenvalue weighted by atomic mass is 10.0. The van der Waals surface area contributed by atoms with Gasteiger partial charge in [-0.3, -0.25) is 4.98 Å². The maximum Gasteiger partial charge on any atom is 0.387 e. The minimum atomic E-state index is -2.92. The van der Waals surface area contributed by atoms with Crippen LogP contribution in [0.4, 0.5) is 14.5 Å². The summed E-state index contributed by atoms with van der Waals surface area (Å²) in [6, 6.07) is 6.63. The Kier molecular flexibility index (Phi) is 4.08. The van der Waals surface area contributed by atoms with E-state index in [-0.39, 0.29) is 11.8 Å². The number of anilines is 1. The molecule has 1 aliphatic rings. The maximum absolute atomic E-state index is 12.5. The first kappa shape index (κ1) is 16.2. The Bertz CT molecular complexity index is 997. The molecule has 0 amide bonds. The zero-order valence-corrected chi connectivity index (χ0v) is 13.6. The first-order valence-electron chi connectivity index (χ1n) is 8.05. The number of halogens is 2. The zero-order chi connectivity index (χ0) is 18.1. The SMILES string of the molecule is N#Cc1cnc2ccc(OC(F)F)cc2c1NC1CCc2ncnn2C1.